The molecule has 2 N–H and O–H groups in total. The van der Waals surface area contributed by atoms with Crippen molar-refractivity contribution in [2.24, 2.45) is 10.7 Å². The van der Waals surface area contributed by atoms with Gasteiger partial charge in [0.1, 0.15) is 11.1 Å². The van der Waals surface area contributed by atoms with E-state index in [1.165, 1.54) is 6.92 Å². The second-order valence-electron chi connectivity index (χ2n) is 3.82. The summed E-state index contributed by atoms with van der Waals surface area (Å²) in [7, 11) is 0. The van der Waals surface area contributed by atoms with Crippen LogP contribution in [0, 0.1) is 11.3 Å². The van der Waals surface area contributed by atoms with Crippen LogP contribution in [0.25, 0.3) is 0 Å². The van der Waals surface area contributed by atoms with Gasteiger partial charge >= 0.3 is 6.18 Å². The normalized spacial score (nSPS) is 13.7. The summed E-state index contributed by atoms with van der Waals surface area (Å²) >= 11 is 0.832. The zero-order valence-electron chi connectivity index (χ0n) is 10.6. The maximum absolute atomic E-state index is 12.7. The number of nitriles is 1. The Morgan fingerprint density at radius 3 is 2.40 bits per heavy atom. The van der Waals surface area contributed by atoms with Crippen LogP contribution in [0.4, 0.5) is 13.2 Å². The van der Waals surface area contributed by atoms with Crippen molar-refractivity contribution in [2.45, 2.75) is 18.9 Å². The van der Waals surface area contributed by atoms with E-state index >= 15 is 0 Å². The Morgan fingerprint density at radius 1 is 1.35 bits per heavy atom. The van der Waals surface area contributed by atoms with E-state index in [4.69, 9.17) is 11.0 Å². The first kappa shape index (κ1) is 16.1. The lowest BCUT2D eigenvalue weighted by atomic mass is 10.2. The summed E-state index contributed by atoms with van der Waals surface area (Å²) in [5, 5.41) is 8.28. The topological polar surface area (TPSA) is 62.2 Å². The Bertz CT molecular complexity index is 552. The van der Waals surface area contributed by atoms with Gasteiger partial charge in [-0.05, 0) is 12.5 Å². The van der Waals surface area contributed by atoms with E-state index in [1.54, 1.807) is 24.3 Å². The lowest BCUT2D eigenvalue weighted by Gasteiger charge is -2.09. The fraction of sp³-hybridized carbons (Fsp3) is 0.231. The zero-order chi connectivity index (χ0) is 15.2. The van der Waals surface area contributed by atoms with Crippen molar-refractivity contribution in [3.63, 3.8) is 0 Å². The predicted octanol–water partition coefficient (Wildman–Crippen LogP) is 3.59. The molecule has 0 aliphatic heterocycles. The summed E-state index contributed by atoms with van der Waals surface area (Å²) in [4.78, 5) is 3.62. The number of halogens is 3. The number of nitrogens with two attached hydrogens (primary N) is 1. The lowest BCUT2D eigenvalue weighted by molar-refractivity contribution is -0.0877. The molecule has 0 unspecified atom stereocenters. The Hall–Kier alpha value is -1.94. The van der Waals surface area contributed by atoms with Crippen LogP contribution in [-0.2, 0) is 5.75 Å². The molecule has 0 bridgehead atoms. The number of aliphatic imine (C=N–C) groups is 1. The van der Waals surface area contributed by atoms with Crippen molar-refractivity contribution < 1.29 is 13.2 Å². The molecule has 0 aromatic heterocycles. The smallest absolute Gasteiger partial charge is 0.387 e. The number of amidine groups is 1. The molecule has 7 heteroatoms. The summed E-state index contributed by atoms with van der Waals surface area (Å²) in [6, 6.07) is 10.1. The van der Waals surface area contributed by atoms with E-state index in [2.05, 4.69) is 4.99 Å². The highest BCUT2D eigenvalue weighted by atomic mass is 32.2. The third kappa shape index (κ3) is 4.97. The molecule has 0 heterocycles. The van der Waals surface area contributed by atoms with Crippen molar-refractivity contribution in [2.75, 3.05) is 0 Å². The summed E-state index contributed by atoms with van der Waals surface area (Å²) < 4.78 is 38.2. The number of hydrogen-bond donors (Lipinski definition) is 1. The van der Waals surface area contributed by atoms with Gasteiger partial charge in [0, 0.05) is 5.75 Å². The Balaban J connectivity index is 3.06. The van der Waals surface area contributed by atoms with Gasteiger partial charge in [-0.3, -0.25) is 0 Å². The molecular formula is C13H12F3N3S. The summed E-state index contributed by atoms with van der Waals surface area (Å²) in [6.45, 7) is 1.37. The molecule has 3 nitrogen and oxygen atoms in total. The van der Waals surface area contributed by atoms with E-state index in [0.29, 0.717) is 0 Å². The Labute approximate surface area is 119 Å². The van der Waals surface area contributed by atoms with Gasteiger partial charge in [0.15, 0.2) is 5.57 Å². The number of benzene rings is 1. The summed E-state index contributed by atoms with van der Waals surface area (Å²) in [5.74, 6) is 0.242. The van der Waals surface area contributed by atoms with Gasteiger partial charge in [-0.15, -0.1) is 11.8 Å². The van der Waals surface area contributed by atoms with E-state index in [1.807, 2.05) is 6.07 Å². The average Bonchev–Trinajstić information content (AvgIpc) is 2.35. The van der Waals surface area contributed by atoms with Crippen molar-refractivity contribution in [1.82, 2.24) is 0 Å². The van der Waals surface area contributed by atoms with Crippen LogP contribution in [0.15, 0.2) is 45.9 Å². The Morgan fingerprint density at radius 2 is 1.95 bits per heavy atom. The van der Waals surface area contributed by atoms with Crippen molar-refractivity contribution in [1.29, 1.82) is 5.26 Å². The minimum atomic E-state index is -4.74. The van der Waals surface area contributed by atoms with Crippen LogP contribution >= 0.6 is 11.8 Å². The van der Waals surface area contributed by atoms with Gasteiger partial charge in [0.25, 0.3) is 0 Å². The van der Waals surface area contributed by atoms with Crippen molar-refractivity contribution in [3.05, 3.63) is 46.5 Å². The molecule has 106 valence electrons. The fourth-order valence-electron chi connectivity index (χ4n) is 1.28. The van der Waals surface area contributed by atoms with E-state index in [-0.39, 0.29) is 11.6 Å². The molecule has 1 aromatic rings. The fourth-order valence-corrected chi connectivity index (χ4v) is 2.29. The minimum Gasteiger partial charge on any atom is -0.387 e. The third-order valence-electron chi connectivity index (χ3n) is 2.11. The maximum atomic E-state index is 12.7. The van der Waals surface area contributed by atoms with Crippen molar-refractivity contribution in [3.8, 4) is 6.07 Å². The molecule has 0 aliphatic rings. The van der Waals surface area contributed by atoms with Gasteiger partial charge in [-0.25, -0.2) is 4.99 Å². The molecular weight excluding hydrogens is 287 g/mol. The quantitative estimate of drug-likeness (QED) is 0.525. The first-order valence-corrected chi connectivity index (χ1v) is 6.52. The molecule has 0 spiro atoms. The van der Waals surface area contributed by atoms with Gasteiger partial charge in [-0.1, -0.05) is 30.3 Å². The number of hydrogen-bond acceptors (Lipinski definition) is 3. The largest absolute Gasteiger partial charge is 0.428 e. The molecule has 0 atom stereocenters. The molecule has 1 rings (SSSR count). The van der Waals surface area contributed by atoms with Crippen LogP contribution in [0.5, 0.6) is 0 Å². The van der Waals surface area contributed by atoms with Gasteiger partial charge in [0.05, 0.1) is 5.84 Å². The molecule has 1 aromatic carbocycles. The monoisotopic (exact) mass is 299 g/mol. The van der Waals surface area contributed by atoms with E-state index in [9.17, 15) is 13.2 Å². The standard InChI is InChI=1S/C13H12F3N3S/c1-9(18)19-12(11(7-17)13(14,15)16)20-8-10-5-3-2-4-6-10/h2-6H,8H2,1H3,(H2,18,19). The number of thioether (sulfide) groups is 1. The molecule has 0 aliphatic carbocycles. The predicted molar refractivity (Wildman–Crippen MR) is 73.7 cm³/mol. The van der Waals surface area contributed by atoms with Crippen LogP contribution in [0.2, 0.25) is 0 Å². The highest BCUT2D eigenvalue weighted by Gasteiger charge is 2.37. The summed E-state index contributed by atoms with van der Waals surface area (Å²) in [5.41, 5.74) is 4.83. The molecule has 0 saturated heterocycles. The van der Waals surface area contributed by atoms with Gasteiger partial charge in [-0.2, -0.15) is 18.4 Å². The lowest BCUT2D eigenvalue weighted by Crippen LogP contribution is -2.13. The second-order valence-corrected chi connectivity index (χ2v) is 4.78. The number of nitrogens with zero attached hydrogens (tertiary/aromatic N) is 2. The third-order valence-corrected chi connectivity index (χ3v) is 3.15. The average molecular weight is 299 g/mol. The Kier molecular flexibility index (Phi) is 5.65. The van der Waals surface area contributed by atoms with Crippen LogP contribution in [0.3, 0.4) is 0 Å². The van der Waals surface area contributed by atoms with Crippen LogP contribution < -0.4 is 5.73 Å². The van der Waals surface area contributed by atoms with Crippen LogP contribution in [0.1, 0.15) is 12.5 Å². The number of rotatable bonds is 4. The molecule has 20 heavy (non-hydrogen) atoms. The SMILES string of the molecule is CC(N)=NC(SCc1ccccc1)=C(C#N)C(F)(F)F. The highest BCUT2D eigenvalue weighted by Crippen LogP contribution is 2.34. The number of allylic oxidation sites excluding steroid dienone is 1. The van der Waals surface area contributed by atoms with Gasteiger partial charge in [0.2, 0.25) is 0 Å². The zero-order valence-corrected chi connectivity index (χ0v) is 11.4. The minimum absolute atomic E-state index is 0.0300. The van der Waals surface area contributed by atoms with Crippen LogP contribution in [-0.4, -0.2) is 12.0 Å². The molecule has 0 amide bonds. The first-order valence-electron chi connectivity index (χ1n) is 5.53. The summed E-state index contributed by atoms with van der Waals surface area (Å²) in [6.07, 6.45) is -4.74. The van der Waals surface area contributed by atoms with E-state index in [0.717, 1.165) is 23.4 Å². The first-order chi connectivity index (χ1) is 9.34. The molecule has 0 saturated carbocycles. The van der Waals surface area contributed by atoms with E-state index < -0.39 is 16.8 Å². The molecule has 0 fully saturated rings. The maximum Gasteiger partial charge on any atom is 0.428 e. The number of alkyl halides is 3. The second kappa shape index (κ2) is 7.01. The van der Waals surface area contributed by atoms with Crippen molar-refractivity contribution >= 4 is 17.6 Å². The molecule has 0 radical (unpaired) electrons. The highest BCUT2D eigenvalue weighted by molar-refractivity contribution is 8.02. The van der Waals surface area contributed by atoms with Gasteiger partial charge < -0.3 is 5.73 Å².